The van der Waals surface area contributed by atoms with Crippen LogP contribution in [0.4, 0.5) is 13.2 Å². The number of carbonyl (C=O) groups is 1. The highest BCUT2D eigenvalue weighted by atomic mass is 19.4. The number of hydrogen-bond donors (Lipinski definition) is 0. The molecule has 0 aromatic carbocycles. The molecule has 7 heteroatoms. The van der Waals surface area contributed by atoms with Crippen LogP contribution >= 0.6 is 0 Å². The van der Waals surface area contributed by atoms with Gasteiger partial charge in [-0.3, -0.25) is 4.68 Å². The summed E-state index contributed by atoms with van der Waals surface area (Å²) in [4.78, 5) is 11.9. The van der Waals surface area contributed by atoms with Crippen LogP contribution in [0.5, 0.6) is 0 Å². The molecule has 0 spiro atoms. The van der Waals surface area contributed by atoms with E-state index in [1.165, 1.54) is 0 Å². The maximum absolute atomic E-state index is 12.7. The van der Waals surface area contributed by atoms with Crippen LogP contribution in [-0.4, -0.2) is 28.5 Å². The molecule has 4 nitrogen and oxygen atoms in total. The Kier molecular flexibility index (Phi) is 4.04. The van der Waals surface area contributed by atoms with Gasteiger partial charge >= 0.3 is 12.1 Å². The van der Waals surface area contributed by atoms with Crippen molar-refractivity contribution >= 4 is 5.97 Å². The first-order chi connectivity index (χ1) is 9.63. The number of fused-ring (bicyclic) bond motifs is 1. The van der Waals surface area contributed by atoms with Crippen LogP contribution in [0.2, 0.25) is 0 Å². The monoisotopic (exact) mass is 304 g/mol. The molecule has 1 aromatic rings. The van der Waals surface area contributed by atoms with Crippen molar-refractivity contribution in [2.24, 2.45) is 5.41 Å². The van der Waals surface area contributed by atoms with Crippen molar-refractivity contribution in [1.82, 2.24) is 9.78 Å². The summed E-state index contributed by atoms with van der Waals surface area (Å²) in [5.74, 6) is -0.644. The number of ether oxygens (including phenoxy) is 1. The topological polar surface area (TPSA) is 44.1 Å². The third kappa shape index (κ3) is 3.57. The lowest BCUT2D eigenvalue weighted by Gasteiger charge is -2.30. The number of hydrogen-bond acceptors (Lipinski definition) is 3. The van der Waals surface area contributed by atoms with E-state index in [9.17, 15) is 18.0 Å². The van der Waals surface area contributed by atoms with Crippen molar-refractivity contribution in [3.8, 4) is 0 Å². The summed E-state index contributed by atoms with van der Waals surface area (Å²) < 4.78 is 43.9. The smallest absolute Gasteiger partial charge is 0.408 e. The molecule has 0 saturated heterocycles. The van der Waals surface area contributed by atoms with Crippen LogP contribution < -0.4 is 0 Å². The Hall–Kier alpha value is -1.53. The highest BCUT2D eigenvalue weighted by Gasteiger charge is 2.37. The highest BCUT2D eigenvalue weighted by Crippen LogP contribution is 2.37. The molecule has 0 saturated carbocycles. The summed E-state index contributed by atoms with van der Waals surface area (Å²) >= 11 is 0. The number of aromatic nitrogens is 2. The van der Waals surface area contributed by atoms with E-state index in [1.807, 2.05) is 13.8 Å². The fraction of sp³-hybridized carbons (Fsp3) is 0.714. The number of esters is 1. The van der Waals surface area contributed by atoms with E-state index in [0.29, 0.717) is 24.1 Å². The summed E-state index contributed by atoms with van der Waals surface area (Å²) in [6.07, 6.45) is -2.53. The molecule has 1 heterocycles. The maximum Gasteiger partial charge on any atom is 0.408 e. The molecule has 0 bridgehead atoms. The fourth-order valence-electron chi connectivity index (χ4n) is 2.66. The minimum absolute atomic E-state index is 0.0339. The summed E-state index contributed by atoms with van der Waals surface area (Å²) in [6, 6.07) is 0. The molecule has 0 atom stereocenters. The van der Waals surface area contributed by atoms with Crippen molar-refractivity contribution in [2.45, 2.75) is 52.8 Å². The van der Waals surface area contributed by atoms with Crippen molar-refractivity contribution in [3.05, 3.63) is 17.0 Å². The van der Waals surface area contributed by atoms with Gasteiger partial charge in [0, 0.05) is 11.3 Å². The molecular weight excluding hydrogens is 285 g/mol. The maximum atomic E-state index is 12.7. The Morgan fingerprint density at radius 2 is 2.10 bits per heavy atom. The van der Waals surface area contributed by atoms with Gasteiger partial charge in [-0.05, 0) is 31.6 Å². The first-order valence-corrected chi connectivity index (χ1v) is 6.95. The van der Waals surface area contributed by atoms with E-state index < -0.39 is 18.7 Å². The molecule has 1 aliphatic rings. The average molecular weight is 304 g/mol. The molecular formula is C14H19F3N2O2. The van der Waals surface area contributed by atoms with Gasteiger partial charge in [0.2, 0.25) is 0 Å². The number of alkyl halides is 3. The Balaban J connectivity index is 2.44. The van der Waals surface area contributed by atoms with Gasteiger partial charge in [-0.1, -0.05) is 13.8 Å². The van der Waals surface area contributed by atoms with Crippen LogP contribution in [0.25, 0.3) is 0 Å². The second-order valence-electron chi connectivity index (χ2n) is 6.11. The molecule has 21 heavy (non-hydrogen) atoms. The molecule has 0 aliphatic heterocycles. The van der Waals surface area contributed by atoms with Gasteiger partial charge in [-0.25, -0.2) is 4.79 Å². The van der Waals surface area contributed by atoms with Crippen molar-refractivity contribution in [2.75, 3.05) is 6.61 Å². The molecule has 118 valence electrons. The lowest BCUT2D eigenvalue weighted by atomic mass is 9.76. The van der Waals surface area contributed by atoms with E-state index in [-0.39, 0.29) is 17.7 Å². The van der Waals surface area contributed by atoms with Crippen molar-refractivity contribution in [1.29, 1.82) is 0 Å². The van der Waals surface area contributed by atoms with Gasteiger partial charge in [-0.15, -0.1) is 0 Å². The third-order valence-corrected chi connectivity index (χ3v) is 3.66. The minimum Gasteiger partial charge on any atom is -0.461 e. The summed E-state index contributed by atoms with van der Waals surface area (Å²) in [6.45, 7) is 4.66. The zero-order chi connectivity index (χ0) is 15.8. The third-order valence-electron chi connectivity index (χ3n) is 3.66. The van der Waals surface area contributed by atoms with Crippen LogP contribution in [-0.2, 0) is 24.1 Å². The molecule has 0 N–H and O–H groups in total. The van der Waals surface area contributed by atoms with Gasteiger partial charge in [0.1, 0.15) is 6.54 Å². The SMILES string of the molecule is CCOC(=O)c1nn(CC(F)(F)F)c2c1CCC(C)(C)C2. The zero-order valence-electron chi connectivity index (χ0n) is 12.4. The van der Waals surface area contributed by atoms with E-state index in [4.69, 9.17) is 4.74 Å². The molecule has 0 radical (unpaired) electrons. The predicted octanol–water partition coefficient (Wildman–Crippen LogP) is 3.14. The Bertz CT molecular complexity index is 547. The molecule has 0 fully saturated rings. The van der Waals surface area contributed by atoms with Crippen LogP contribution in [0.3, 0.4) is 0 Å². The molecule has 0 amide bonds. The molecule has 0 unspecified atom stereocenters. The van der Waals surface area contributed by atoms with Crippen LogP contribution in [0.1, 0.15) is 48.9 Å². The van der Waals surface area contributed by atoms with E-state index in [1.54, 1.807) is 6.92 Å². The Morgan fingerprint density at radius 3 is 2.67 bits per heavy atom. The lowest BCUT2D eigenvalue weighted by molar-refractivity contribution is -0.143. The minimum atomic E-state index is -4.37. The predicted molar refractivity (Wildman–Crippen MR) is 70.0 cm³/mol. The van der Waals surface area contributed by atoms with Gasteiger partial charge in [0.15, 0.2) is 5.69 Å². The van der Waals surface area contributed by atoms with Crippen molar-refractivity contribution in [3.63, 3.8) is 0 Å². The van der Waals surface area contributed by atoms with E-state index >= 15 is 0 Å². The van der Waals surface area contributed by atoms with Gasteiger partial charge in [0.05, 0.1) is 6.61 Å². The Morgan fingerprint density at radius 1 is 1.43 bits per heavy atom. The lowest BCUT2D eigenvalue weighted by Crippen LogP contribution is -2.27. The molecule has 1 aromatic heterocycles. The van der Waals surface area contributed by atoms with Gasteiger partial charge in [-0.2, -0.15) is 18.3 Å². The summed E-state index contributed by atoms with van der Waals surface area (Å²) in [5.41, 5.74) is 1.05. The zero-order valence-corrected chi connectivity index (χ0v) is 12.4. The number of carbonyl (C=O) groups excluding carboxylic acids is 1. The summed E-state index contributed by atoms with van der Waals surface area (Å²) in [7, 11) is 0. The van der Waals surface area contributed by atoms with Crippen molar-refractivity contribution < 1.29 is 22.7 Å². The van der Waals surface area contributed by atoms with Crippen LogP contribution in [0, 0.1) is 5.41 Å². The first kappa shape index (κ1) is 15.9. The largest absolute Gasteiger partial charge is 0.461 e. The number of halogens is 3. The summed E-state index contributed by atoms with van der Waals surface area (Å²) in [5, 5.41) is 3.88. The number of rotatable bonds is 3. The fourth-order valence-corrected chi connectivity index (χ4v) is 2.66. The van der Waals surface area contributed by atoms with Gasteiger partial charge in [0.25, 0.3) is 0 Å². The molecule has 1 aliphatic carbocycles. The second kappa shape index (κ2) is 5.35. The number of nitrogens with zero attached hydrogens (tertiary/aromatic N) is 2. The quantitative estimate of drug-likeness (QED) is 0.806. The first-order valence-electron chi connectivity index (χ1n) is 6.95. The standard InChI is InChI=1S/C14H19F3N2O2/c1-4-21-12(20)11-9-5-6-13(2,3)7-10(9)19(18-11)8-14(15,16)17/h4-8H2,1-3H3. The Labute approximate surface area is 121 Å². The normalized spacial score (nSPS) is 17.4. The van der Waals surface area contributed by atoms with E-state index in [0.717, 1.165) is 11.1 Å². The van der Waals surface area contributed by atoms with Gasteiger partial charge < -0.3 is 4.74 Å². The highest BCUT2D eigenvalue weighted by molar-refractivity contribution is 5.89. The average Bonchev–Trinajstić information content (AvgIpc) is 2.64. The molecule has 2 rings (SSSR count). The second-order valence-corrected chi connectivity index (χ2v) is 6.11. The van der Waals surface area contributed by atoms with Crippen LogP contribution in [0.15, 0.2) is 0 Å². The van der Waals surface area contributed by atoms with E-state index in [2.05, 4.69) is 5.10 Å².